The van der Waals surface area contributed by atoms with Gasteiger partial charge in [0.2, 0.25) is 0 Å². The van der Waals surface area contributed by atoms with E-state index in [1.54, 1.807) is 19.3 Å². The van der Waals surface area contributed by atoms with E-state index in [1.807, 2.05) is 4.90 Å². The highest BCUT2D eigenvalue weighted by Crippen LogP contribution is 2.33. The van der Waals surface area contributed by atoms with Gasteiger partial charge in [-0.3, -0.25) is 4.99 Å². The van der Waals surface area contributed by atoms with Crippen LogP contribution in [-0.2, 0) is 6.42 Å². The number of aromatic nitrogens is 1. The van der Waals surface area contributed by atoms with Gasteiger partial charge >= 0.3 is 0 Å². The summed E-state index contributed by atoms with van der Waals surface area (Å²) in [5.74, 6) is 1.53. The molecule has 2 N–H and O–H groups in total. The molecule has 1 saturated heterocycles. The van der Waals surface area contributed by atoms with E-state index in [0.29, 0.717) is 11.7 Å². The van der Waals surface area contributed by atoms with Crippen LogP contribution < -0.4 is 15.5 Å². The standard InChI is InChI=1S/C20H24FN5.HI/c1-22-20(24-12-15-11-14-5-2-3-6-17(14)15)25-16-8-10-26(13-16)19-18(21)7-4-9-23-19;/h2-7,9,15-16H,8,10-13H2,1H3,(H2,22,24,25);1H. The lowest BCUT2D eigenvalue weighted by atomic mass is 9.78. The van der Waals surface area contributed by atoms with Crippen molar-refractivity contribution in [2.45, 2.75) is 24.8 Å². The average Bonchev–Trinajstić information content (AvgIpc) is 3.10. The van der Waals surface area contributed by atoms with Gasteiger partial charge < -0.3 is 15.5 Å². The van der Waals surface area contributed by atoms with Gasteiger partial charge in [0.05, 0.1) is 0 Å². The maximum Gasteiger partial charge on any atom is 0.191 e. The molecule has 1 aromatic carbocycles. The number of guanidine groups is 1. The third-order valence-electron chi connectivity index (χ3n) is 5.27. The van der Waals surface area contributed by atoms with Crippen molar-refractivity contribution >= 4 is 35.8 Å². The van der Waals surface area contributed by atoms with E-state index < -0.39 is 0 Å². The quantitative estimate of drug-likeness (QED) is 0.401. The number of hydrogen-bond acceptors (Lipinski definition) is 3. The number of fused-ring (bicyclic) bond motifs is 1. The summed E-state index contributed by atoms with van der Waals surface area (Å²) >= 11 is 0. The Labute approximate surface area is 176 Å². The Morgan fingerprint density at radius 1 is 1.30 bits per heavy atom. The minimum atomic E-state index is -0.265. The fourth-order valence-corrected chi connectivity index (χ4v) is 3.83. The van der Waals surface area contributed by atoms with E-state index in [9.17, 15) is 4.39 Å². The number of nitrogens with zero attached hydrogens (tertiary/aromatic N) is 3. The molecule has 2 atom stereocenters. The minimum Gasteiger partial charge on any atom is -0.356 e. The summed E-state index contributed by atoms with van der Waals surface area (Å²) in [6.07, 6.45) is 3.69. The molecule has 2 heterocycles. The first-order valence-corrected chi connectivity index (χ1v) is 9.15. The van der Waals surface area contributed by atoms with Crippen LogP contribution in [0.3, 0.4) is 0 Å². The second kappa shape index (κ2) is 8.86. The zero-order valence-corrected chi connectivity index (χ0v) is 17.7. The third kappa shape index (κ3) is 4.34. The summed E-state index contributed by atoms with van der Waals surface area (Å²) in [6, 6.07) is 11.9. The Morgan fingerprint density at radius 2 is 2.15 bits per heavy atom. The topological polar surface area (TPSA) is 52.6 Å². The first kappa shape index (κ1) is 19.9. The Morgan fingerprint density at radius 3 is 2.93 bits per heavy atom. The lowest BCUT2D eigenvalue weighted by molar-refractivity contribution is 0.573. The van der Waals surface area contributed by atoms with E-state index in [2.05, 4.69) is 44.9 Å². The normalized spacial score (nSPS) is 21.1. The lowest BCUT2D eigenvalue weighted by Crippen LogP contribution is -2.46. The highest BCUT2D eigenvalue weighted by atomic mass is 127. The molecule has 5 nitrogen and oxygen atoms in total. The molecule has 2 unspecified atom stereocenters. The zero-order chi connectivity index (χ0) is 17.9. The first-order valence-electron chi connectivity index (χ1n) is 9.15. The van der Waals surface area contributed by atoms with Crippen molar-refractivity contribution in [1.82, 2.24) is 15.6 Å². The number of benzene rings is 1. The molecule has 27 heavy (non-hydrogen) atoms. The molecule has 1 fully saturated rings. The maximum atomic E-state index is 13.9. The predicted molar refractivity (Wildman–Crippen MR) is 118 cm³/mol. The van der Waals surface area contributed by atoms with Gasteiger partial charge in [-0.2, -0.15) is 0 Å². The second-order valence-corrected chi connectivity index (χ2v) is 6.94. The number of halogens is 2. The van der Waals surface area contributed by atoms with Gasteiger partial charge in [-0.05, 0) is 36.1 Å². The van der Waals surface area contributed by atoms with Crippen LogP contribution in [0.5, 0.6) is 0 Å². The minimum absolute atomic E-state index is 0. The van der Waals surface area contributed by atoms with Crippen molar-refractivity contribution < 1.29 is 4.39 Å². The molecule has 0 bridgehead atoms. The first-order chi connectivity index (χ1) is 12.7. The molecule has 7 heteroatoms. The van der Waals surface area contributed by atoms with Gasteiger partial charge in [0.1, 0.15) is 0 Å². The van der Waals surface area contributed by atoms with E-state index in [0.717, 1.165) is 38.4 Å². The average molecular weight is 481 g/mol. The Hall–Kier alpha value is -1.90. The highest BCUT2D eigenvalue weighted by molar-refractivity contribution is 14.0. The van der Waals surface area contributed by atoms with Crippen LogP contribution in [0.15, 0.2) is 47.6 Å². The lowest BCUT2D eigenvalue weighted by Gasteiger charge is -2.31. The number of aliphatic imine (C=N–C) groups is 1. The molecule has 144 valence electrons. The number of pyridine rings is 1. The van der Waals surface area contributed by atoms with Gasteiger partial charge in [0, 0.05) is 44.8 Å². The van der Waals surface area contributed by atoms with Crippen molar-refractivity contribution in [3.05, 3.63) is 59.5 Å². The maximum absolute atomic E-state index is 13.9. The summed E-state index contributed by atoms with van der Waals surface area (Å²) in [7, 11) is 1.79. The van der Waals surface area contributed by atoms with Gasteiger partial charge in [0.25, 0.3) is 0 Å². The van der Waals surface area contributed by atoms with Gasteiger partial charge in [-0.1, -0.05) is 24.3 Å². The van der Waals surface area contributed by atoms with Gasteiger partial charge in [-0.25, -0.2) is 9.37 Å². The number of anilines is 1. The molecule has 0 amide bonds. The summed E-state index contributed by atoms with van der Waals surface area (Å²) < 4.78 is 13.9. The van der Waals surface area contributed by atoms with E-state index in [1.165, 1.54) is 17.2 Å². The molecule has 2 aliphatic rings. The molecule has 1 aliphatic carbocycles. The number of hydrogen-bond donors (Lipinski definition) is 2. The SMILES string of the molecule is CN=C(NCC1Cc2ccccc21)NC1CCN(c2ncccc2F)C1.I. The van der Waals surface area contributed by atoms with E-state index >= 15 is 0 Å². The van der Waals surface area contributed by atoms with Crippen LogP contribution in [0.4, 0.5) is 10.2 Å². The van der Waals surface area contributed by atoms with Crippen LogP contribution in [0.25, 0.3) is 0 Å². The van der Waals surface area contributed by atoms with Crippen molar-refractivity contribution in [3.8, 4) is 0 Å². The van der Waals surface area contributed by atoms with Crippen LogP contribution >= 0.6 is 24.0 Å². The summed E-state index contributed by atoms with van der Waals surface area (Å²) in [5.41, 5.74) is 2.89. The van der Waals surface area contributed by atoms with Crippen molar-refractivity contribution in [2.75, 3.05) is 31.6 Å². The predicted octanol–water partition coefficient (Wildman–Crippen LogP) is 2.92. The smallest absolute Gasteiger partial charge is 0.191 e. The van der Waals surface area contributed by atoms with E-state index in [-0.39, 0.29) is 35.8 Å². The monoisotopic (exact) mass is 481 g/mol. The molecule has 0 saturated carbocycles. The van der Waals surface area contributed by atoms with Gasteiger partial charge in [0.15, 0.2) is 17.6 Å². The molecule has 0 radical (unpaired) electrons. The number of rotatable bonds is 4. The number of nitrogens with one attached hydrogen (secondary N) is 2. The third-order valence-corrected chi connectivity index (χ3v) is 5.27. The molecule has 1 aliphatic heterocycles. The summed E-state index contributed by atoms with van der Waals surface area (Å²) in [5, 5.41) is 6.90. The van der Waals surface area contributed by atoms with Crippen LogP contribution in [0, 0.1) is 5.82 Å². The molecule has 1 aromatic heterocycles. The zero-order valence-electron chi connectivity index (χ0n) is 15.4. The van der Waals surface area contributed by atoms with Crippen molar-refractivity contribution in [2.24, 2.45) is 4.99 Å². The van der Waals surface area contributed by atoms with Gasteiger partial charge in [-0.15, -0.1) is 24.0 Å². The van der Waals surface area contributed by atoms with Crippen LogP contribution in [0.1, 0.15) is 23.5 Å². The Balaban J connectivity index is 0.00000210. The summed E-state index contributed by atoms with van der Waals surface area (Å²) in [4.78, 5) is 10.5. The Bertz CT molecular complexity index is 812. The fraction of sp³-hybridized carbons (Fsp3) is 0.400. The molecule has 4 rings (SSSR count). The van der Waals surface area contributed by atoms with E-state index in [4.69, 9.17) is 0 Å². The van der Waals surface area contributed by atoms with Crippen LogP contribution in [-0.4, -0.2) is 43.7 Å². The second-order valence-electron chi connectivity index (χ2n) is 6.94. The molecular weight excluding hydrogens is 456 g/mol. The Kier molecular flexibility index (Phi) is 6.51. The van der Waals surface area contributed by atoms with Crippen LogP contribution in [0.2, 0.25) is 0 Å². The molecule has 2 aromatic rings. The largest absolute Gasteiger partial charge is 0.356 e. The van der Waals surface area contributed by atoms with Crippen molar-refractivity contribution in [3.63, 3.8) is 0 Å². The van der Waals surface area contributed by atoms with Crippen molar-refractivity contribution in [1.29, 1.82) is 0 Å². The molecule has 0 spiro atoms. The fourth-order valence-electron chi connectivity index (χ4n) is 3.83. The highest BCUT2D eigenvalue weighted by Gasteiger charge is 2.27. The summed E-state index contributed by atoms with van der Waals surface area (Å²) in [6.45, 7) is 2.39. The molecular formula is C20H25FIN5.